The van der Waals surface area contributed by atoms with E-state index in [2.05, 4.69) is 0 Å². The molecule has 0 bridgehead atoms. The van der Waals surface area contributed by atoms with Gasteiger partial charge in [-0.05, 0) is 43.5 Å². The lowest BCUT2D eigenvalue weighted by Gasteiger charge is -2.27. The summed E-state index contributed by atoms with van der Waals surface area (Å²) in [5.41, 5.74) is 0.876. The first-order chi connectivity index (χ1) is 14.7. The van der Waals surface area contributed by atoms with Gasteiger partial charge in [-0.3, -0.25) is 14.5 Å². The summed E-state index contributed by atoms with van der Waals surface area (Å²) in [7, 11) is -1.45. The molecule has 1 unspecified atom stereocenters. The highest BCUT2D eigenvalue weighted by Gasteiger charge is 2.34. The lowest BCUT2D eigenvalue weighted by molar-refractivity contribution is -0.133. The summed E-state index contributed by atoms with van der Waals surface area (Å²) in [5, 5.41) is 0. The monoisotopic (exact) mass is 482 g/mol. The van der Waals surface area contributed by atoms with Crippen molar-refractivity contribution < 1.29 is 22.7 Å². The van der Waals surface area contributed by atoms with Gasteiger partial charge in [0.05, 0.1) is 23.5 Å². The lowest BCUT2D eigenvalue weighted by atomic mass is 10.2. The topological polar surface area (TPSA) is 84.0 Å². The van der Waals surface area contributed by atoms with Crippen molar-refractivity contribution >= 4 is 56.0 Å². The van der Waals surface area contributed by atoms with E-state index < -0.39 is 9.84 Å². The number of methoxy groups -OCH3 is 1. The molecule has 2 amide bonds. The molecule has 31 heavy (non-hydrogen) atoms. The molecule has 0 radical (unpaired) electrons. The van der Waals surface area contributed by atoms with Gasteiger partial charge in [-0.25, -0.2) is 8.42 Å². The van der Waals surface area contributed by atoms with Crippen molar-refractivity contribution in [1.82, 2.24) is 9.80 Å². The van der Waals surface area contributed by atoms with E-state index in [9.17, 15) is 18.0 Å². The smallest absolute Gasteiger partial charge is 0.266 e. The minimum Gasteiger partial charge on any atom is -0.497 e. The summed E-state index contributed by atoms with van der Waals surface area (Å²) < 4.78 is 29.1. The van der Waals surface area contributed by atoms with Gasteiger partial charge in [0.1, 0.15) is 10.1 Å². The van der Waals surface area contributed by atoms with Gasteiger partial charge >= 0.3 is 0 Å². The largest absolute Gasteiger partial charge is 0.497 e. The quantitative estimate of drug-likeness (QED) is 0.416. The summed E-state index contributed by atoms with van der Waals surface area (Å²) >= 11 is 6.61. The fourth-order valence-electron chi connectivity index (χ4n) is 3.74. The molecule has 2 fully saturated rings. The predicted molar refractivity (Wildman–Crippen MR) is 127 cm³/mol. The zero-order valence-electron chi connectivity index (χ0n) is 17.6. The van der Waals surface area contributed by atoms with E-state index >= 15 is 0 Å². The van der Waals surface area contributed by atoms with E-state index in [0.29, 0.717) is 35.2 Å². The van der Waals surface area contributed by atoms with Gasteiger partial charge < -0.3 is 9.64 Å². The molecule has 2 saturated heterocycles. The van der Waals surface area contributed by atoms with Crippen LogP contribution in [0, 0.1) is 0 Å². The third-order valence-electron chi connectivity index (χ3n) is 5.37. The Labute approximate surface area is 192 Å². The van der Waals surface area contributed by atoms with Crippen LogP contribution in [0.15, 0.2) is 29.2 Å². The second-order valence-electron chi connectivity index (χ2n) is 7.45. The third kappa shape index (κ3) is 5.87. The van der Waals surface area contributed by atoms with Gasteiger partial charge in [0.25, 0.3) is 5.91 Å². The Morgan fingerprint density at radius 1 is 1.35 bits per heavy atom. The molecule has 2 aliphatic heterocycles. The van der Waals surface area contributed by atoms with Crippen LogP contribution in [0.4, 0.5) is 0 Å². The third-order valence-corrected chi connectivity index (χ3v) is 8.50. The SMILES string of the molecule is CCN(C(=O)CCCN1C(=O)/C(=C/c2ccc(OC)cc2)SC1=S)C1CCS(=O)(=O)C1. The van der Waals surface area contributed by atoms with Crippen LogP contribution in [0.5, 0.6) is 5.75 Å². The summed E-state index contributed by atoms with van der Waals surface area (Å²) in [6, 6.07) is 7.14. The van der Waals surface area contributed by atoms with Crippen LogP contribution in [-0.2, 0) is 19.4 Å². The maximum absolute atomic E-state index is 12.8. The zero-order chi connectivity index (χ0) is 22.6. The summed E-state index contributed by atoms with van der Waals surface area (Å²) in [4.78, 5) is 29.1. The predicted octanol–water partition coefficient (Wildman–Crippen LogP) is 2.71. The number of rotatable bonds is 8. The molecule has 7 nitrogen and oxygen atoms in total. The van der Waals surface area contributed by atoms with E-state index in [1.54, 1.807) is 18.1 Å². The van der Waals surface area contributed by atoms with Crippen LogP contribution in [0.25, 0.3) is 6.08 Å². The van der Waals surface area contributed by atoms with Crippen LogP contribution in [-0.4, -0.2) is 72.1 Å². The van der Waals surface area contributed by atoms with Crippen molar-refractivity contribution in [1.29, 1.82) is 0 Å². The number of ether oxygens (including phenoxy) is 1. The van der Waals surface area contributed by atoms with Crippen molar-refractivity contribution in [2.24, 2.45) is 0 Å². The van der Waals surface area contributed by atoms with E-state index in [1.165, 1.54) is 16.7 Å². The number of carbonyl (C=O) groups excluding carboxylic acids is 2. The molecular weight excluding hydrogens is 456 g/mol. The molecule has 10 heteroatoms. The highest BCUT2D eigenvalue weighted by atomic mass is 32.2. The number of amides is 2. The fourth-order valence-corrected chi connectivity index (χ4v) is 6.77. The molecule has 0 spiro atoms. The van der Waals surface area contributed by atoms with Crippen molar-refractivity contribution in [2.75, 3.05) is 31.7 Å². The number of nitrogens with zero attached hydrogens (tertiary/aromatic N) is 2. The van der Waals surface area contributed by atoms with Gasteiger partial charge in [0.15, 0.2) is 9.84 Å². The molecule has 168 valence electrons. The molecule has 1 atom stereocenters. The van der Waals surface area contributed by atoms with E-state index in [1.807, 2.05) is 31.2 Å². The molecule has 0 saturated carbocycles. The van der Waals surface area contributed by atoms with Gasteiger partial charge in [-0.15, -0.1) is 0 Å². The van der Waals surface area contributed by atoms with E-state index in [0.717, 1.165) is 11.3 Å². The Kier molecular flexibility index (Phi) is 7.77. The molecule has 0 aliphatic carbocycles. The van der Waals surface area contributed by atoms with E-state index in [4.69, 9.17) is 17.0 Å². The first-order valence-corrected chi connectivity index (χ1v) is 13.2. The number of hydrogen-bond acceptors (Lipinski definition) is 7. The minimum atomic E-state index is -3.05. The van der Waals surface area contributed by atoms with Crippen LogP contribution < -0.4 is 4.74 Å². The Hall–Kier alpha value is -1.91. The number of hydrogen-bond donors (Lipinski definition) is 0. The van der Waals surface area contributed by atoms with Crippen molar-refractivity contribution in [3.63, 3.8) is 0 Å². The van der Waals surface area contributed by atoms with Gasteiger partial charge in [-0.1, -0.05) is 36.1 Å². The highest BCUT2D eigenvalue weighted by Crippen LogP contribution is 2.33. The van der Waals surface area contributed by atoms with Crippen LogP contribution in [0.2, 0.25) is 0 Å². The first-order valence-electron chi connectivity index (χ1n) is 10.1. The normalized spacial score (nSPS) is 21.7. The molecule has 2 aliphatic rings. The molecule has 1 aromatic rings. The minimum absolute atomic E-state index is 0.0391. The van der Waals surface area contributed by atoms with Crippen LogP contribution in [0.1, 0.15) is 31.7 Å². The number of thioether (sulfide) groups is 1. The standard InChI is InChI=1S/C21H26N2O5S3/c1-3-22(16-10-12-31(26,27)14-16)19(24)5-4-11-23-20(25)18(30-21(23)29)13-15-6-8-17(28-2)9-7-15/h6-9,13,16H,3-5,10-12,14H2,1-2H3/b18-13-. The molecular formula is C21H26N2O5S3. The van der Waals surface area contributed by atoms with Gasteiger partial charge in [0.2, 0.25) is 5.91 Å². The molecule has 2 heterocycles. The maximum Gasteiger partial charge on any atom is 0.266 e. The Morgan fingerprint density at radius 3 is 2.65 bits per heavy atom. The second-order valence-corrected chi connectivity index (χ2v) is 11.4. The second kappa shape index (κ2) is 10.1. The number of carbonyl (C=O) groups is 2. The number of thiocarbonyl (C=S) groups is 1. The van der Waals surface area contributed by atoms with E-state index in [-0.39, 0.29) is 35.8 Å². The Bertz CT molecular complexity index is 989. The average molecular weight is 483 g/mol. The Morgan fingerprint density at radius 2 is 2.06 bits per heavy atom. The number of benzene rings is 1. The fraction of sp³-hybridized carbons (Fsp3) is 0.476. The summed E-state index contributed by atoms with van der Waals surface area (Å²) in [6.45, 7) is 2.69. The van der Waals surface area contributed by atoms with Crippen LogP contribution in [0.3, 0.4) is 0 Å². The molecule has 0 N–H and O–H groups in total. The van der Waals surface area contributed by atoms with Gasteiger partial charge in [0, 0.05) is 25.6 Å². The summed E-state index contributed by atoms with van der Waals surface area (Å²) in [6.07, 6.45) is 3.01. The maximum atomic E-state index is 12.8. The molecule has 3 rings (SSSR count). The van der Waals surface area contributed by atoms with Crippen molar-refractivity contribution in [3.8, 4) is 5.75 Å². The highest BCUT2D eigenvalue weighted by molar-refractivity contribution is 8.26. The zero-order valence-corrected chi connectivity index (χ0v) is 20.0. The summed E-state index contributed by atoms with van der Waals surface area (Å²) in [5.74, 6) is 0.678. The average Bonchev–Trinajstić information content (AvgIpc) is 3.22. The first kappa shape index (κ1) is 23.7. The Balaban J connectivity index is 1.55. The molecule has 1 aromatic carbocycles. The number of sulfone groups is 1. The lowest BCUT2D eigenvalue weighted by Crippen LogP contribution is -2.41. The van der Waals surface area contributed by atoms with Crippen molar-refractivity contribution in [2.45, 2.75) is 32.2 Å². The van der Waals surface area contributed by atoms with Crippen molar-refractivity contribution in [3.05, 3.63) is 34.7 Å². The molecule has 0 aromatic heterocycles. The van der Waals surface area contributed by atoms with Gasteiger partial charge in [-0.2, -0.15) is 0 Å². The van der Waals surface area contributed by atoms with Crippen LogP contribution >= 0.6 is 24.0 Å².